The second kappa shape index (κ2) is 5.98. The van der Waals surface area contributed by atoms with Crippen LogP contribution >= 0.6 is 11.3 Å². The van der Waals surface area contributed by atoms with E-state index in [1.807, 2.05) is 11.3 Å². The van der Waals surface area contributed by atoms with Gasteiger partial charge < -0.3 is 10.4 Å². The molecule has 1 aliphatic rings. The zero-order chi connectivity index (χ0) is 12.3. The third-order valence-electron chi connectivity index (χ3n) is 3.64. The molecule has 1 aromatic heterocycles. The Morgan fingerprint density at radius 2 is 2.41 bits per heavy atom. The average molecular weight is 255 g/mol. The maximum Gasteiger partial charge on any atom is 0.0479 e. The first-order chi connectivity index (χ1) is 8.24. The molecule has 3 heteroatoms. The average Bonchev–Trinajstić information content (AvgIpc) is 2.73. The van der Waals surface area contributed by atoms with Gasteiger partial charge in [0.2, 0.25) is 0 Å². The Bertz CT molecular complexity index is 367. The van der Waals surface area contributed by atoms with Crippen molar-refractivity contribution in [2.24, 2.45) is 0 Å². The van der Waals surface area contributed by atoms with Crippen molar-refractivity contribution in [3.63, 3.8) is 0 Å². The molecule has 98 valence electrons. The molecule has 2 heterocycles. The van der Waals surface area contributed by atoms with E-state index in [0.29, 0.717) is 12.0 Å². The minimum atomic E-state index is 0. The summed E-state index contributed by atoms with van der Waals surface area (Å²) < 4.78 is 0. The lowest BCUT2D eigenvalue weighted by atomic mass is 9.86. The van der Waals surface area contributed by atoms with E-state index < -0.39 is 0 Å². The van der Waals surface area contributed by atoms with Crippen molar-refractivity contribution in [2.45, 2.75) is 51.5 Å². The number of aliphatic hydroxyl groups is 1. The SMILES string of the molecule is CCc1cc(C2CCN[C@@H](C)C2)c(CCO)s1.[HH]. The lowest BCUT2D eigenvalue weighted by Crippen LogP contribution is -2.35. The van der Waals surface area contributed by atoms with E-state index in [1.54, 1.807) is 0 Å². The summed E-state index contributed by atoms with van der Waals surface area (Å²) in [5.41, 5.74) is 1.52. The van der Waals surface area contributed by atoms with Gasteiger partial charge in [-0.15, -0.1) is 11.3 Å². The molecule has 0 aliphatic carbocycles. The first-order valence-corrected chi connectivity index (χ1v) is 7.52. The Balaban J connectivity index is 0.00000162. The molecule has 0 spiro atoms. The summed E-state index contributed by atoms with van der Waals surface area (Å²) in [5, 5.41) is 12.7. The molecule has 0 saturated carbocycles. The topological polar surface area (TPSA) is 32.3 Å². The molecule has 1 unspecified atom stereocenters. The predicted molar refractivity (Wildman–Crippen MR) is 76.0 cm³/mol. The summed E-state index contributed by atoms with van der Waals surface area (Å²) in [6.45, 7) is 5.88. The van der Waals surface area contributed by atoms with Crippen LogP contribution in [-0.2, 0) is 12.8 Å². The van der Waals surface area contributed by atoms with Gasteiger partial charge in [0.15, 0.2) is 0 Å². The van der Waals surface area contributed by atoms with Crippen LogP contribution in [0.2, 0.25) is 0 Å². The van der Waals surface area contributed by atoms with E-state index in [0.717, 1.165) is 19.4 Å². The molecular weight excluding hydrogens is 230 g/mol. The highest BCUT2D eigenvalue weighted by Crippen LogP contribution is 2.35. The largest absolute Gasteiger partial charge is 0.396 e. The van der Waals surface area contributed by atoms with Gasteiger partial charge in [-0.3, -0.25) is 0 Å². The van der Waals surface area contributed by atoms with Crippen molar-refractivity contribution in [2.75, 3.05) is 13.2 Å². The minimum Gasteiger partial charge on any atom is -0.396 e. The molecule has 17 heavy (non-hydrogen) atoms. The van der Waals surface area contributed by atoms with Crippen LogP contribution in [0, 0.1) is 0 Å². The maximum atomic E-state index is 9.17. The van der Waals surface area contributed by atoms with Crippen LogP contribution in [0.15, 0.2) is 6.07 Å². The number of thiophene rings is 1. The van der Waals surface area contributed by atoms with Crippen molar-refractivity contribution in [3.8, 4) is 0 Å². The summed E-state index contributed by atoms with van der Waals surface area (Å²) in [4.78, 5) is 2.89. The molecule has 2 rings (SSSR count). The van der Waals surface area contributed by atoms with Crippen molar-refractivity contribution < 1.29 is 6.53 Å². The van der Waals surface area contributed by atoms with E-state index in [9.17, 15) is 5.11 Å². The van der Waals surface area contributed by atoms with Gasteiger partial charge in [-0.25, -0.2) is 0 Å². The van der Waals surface area contributed by atoms with Crippen molar-refractivity contribution in [3.05, 3.63) is 21.4 Å². The summed E-state index contributed by atoms with van der Waals surface area (Å²) in [5.74, 6) is 0.698. The number of rotatable bonds is 4. The van der Waals surface area contributed by atoms with Gasteiger partial charge in [-0.2, -0.15) is 0 Å². The Hall–Kier alpha value is -0.380. The molecule has 2 nitrogen and oxygen atoms in total. The third kappa shape index (κ3) is 3.09. The van der Waals surface area contributed by atoms with Crippen molar-refractivity contribution in [1.29, 1.82) is 0 Å². The van der Waals surface area contributed by atoms with Crippen molar-refractivity contribution in [1.82, 2.24) is 5.32 Å². The standard InChI is InChI=1S/C14H23NOS.H2/c1-3-12-9-13(14(17-12)5-7-16)11-4-6-15-10(2)8-11;/h9-11,15-16H,3-8H2,1-2H3;1H/t10-,11?;/m0./s1. The van der Waals surface area contributed by atoms with Crippen LogP contribution < -0.4 is 5.32 Å². The van der Waals surface area contributed by atoms with E-state index in [4.69, 9.17) is 0 Å². The second-order valence-electron chi connectivity index (χ2n) is 4.99. The summed E-state index contributed by atoms with van der Waals surface area (Å²) in [6.07, 6.45) is 4.42. The van der Waals surface area contributed by atoms with Gasteiger partial charge in [-0.05, 0) is 50.3 Å². The van der Waals surface area contributed by atoms with Gasteiger partial charge in [0.25, 0.3) is 0 Å². The second-order valence-corrected chi connectivity index (χ2v) is 6.22. The number of aryl methyl sites for hydroxylation is 1. The highest BCUT2D eigenvalue weighted by Gasteiger charge is 2.23. The van der Waals surface area contributed by atoms with E-state index in [-0.39, 0.29) is 8.03 Å². The lowest BCUT2D eigenvalue weighted by molar-refractivity contribution is 0.299. The van der Waals surface area contributed by atoms with Gasteiger partial charge >= 0.3 is 0 Å². The molecule has 2 N–H and O–H groups in total. The van der Waals surface area contributed by atoms with Gasteiger partial charge in [-0.1, -0.05) is 6.92 Å². The summed E-state index contributed by atoms with van der Waals surface area (Å²) in [7, 11) is 0. The lowest BCUT2D eigenvalue weighted by Gasteiger charge is -2.28. The first-order valence-electron chi connectivity index (χ1n) is 6.70. The summed E-state index contributed by atoms with van der Waals surface area (Å²) >= 11 is 1.90. The van der Waals surface area contributed by atoms with Gasteiger partial charge in [0.1, 0.15) is 0 Å². The Morgan fingerprint density at radius 1 is 1.59 bits per heavy atom. The molecule has 1 aromatic rings. The number of aliphatic hydroxyl groups excluding tert-OH is 1. The molecule has 0 aromatic carbocycles. The Morgan fingerprint density at radius 3 is 3.06 bits per heavy atom. The number of piperidine rings is 1. The molecule has 1 saturated heterocycles. The molecule has 1 aliphatic heterocycles. The van der Waals surface area contributed by atoms with Gasteiger partial charge in [0.05, 0.1) is 0 Å². The highest BCUT2D eigenvalue weighted by atomic mass is 32.1. The molecule has 0 amide bonds. The molecular formula is C14H25NOS. The predicted octanol–water partition coefficient (Wildman–Crippen LogP) is 2.95. The molecule has 0 bridgehead atoms. The van der Waals surface area contributed by atoms with Crippen LogP contribution in [0.5, 0.6) is 0 Å². The zero-order valence-corrected chi connectivity index (χ0v) is 11.6. The van der Waals surface area contributed by atoms with Crippen molar-refractivity contribution >= 4 is 11.3 Å². The fourth-order valence-electron chi connectivity index (χ4n) is 2.73. The Kier molecular flexibility index (Phi) is 4.60. The smallest absolute Gasteiger partial charge is 0.0479 e. The van der Waals surface area contributed by atoms with E-state index in [2.05, 4.69) is 25.2 Å². The third-order valence-corrected chi connectivity index (χ3v) is 5.00. The molecule has 1 fully saturated rings. The molecule has 0 radical (unpaired) electrons. The quantitative estimate of drug-likeness (QED) is 0.867. The maximum absolute atomic E-state index is 9.17. The van der Waals surface area contributed by atoms with Crippen LogP contribution in [-0.4, -0.2) is 24.3 Å². The zero-order valence-electron chi connectivity index (χ0n) is 10.8. The first kappa shape index (κ1) is 13.1. The van der Waals surface area contributed by atoms with Crippen LogP contribution in [0.3, 0.4) is 0 Å². The van der Waals surface area contributed by atoms with Crippen LogP contribution in [0.1, 0.15) is 49.4 Å². The number of hydrogen-bond donors (Lipinski definition) is 2. The normalized spacial score (nSPS) is 25.1. The molecule has 2 atom stereocenters. The monoisotopic (exact) mass is 255 g/mol. The van der Waals surface area contributed by atoms with E-state index >= 15 is 0 Å². The summed E-state index contributed by atoms with van der Waals surface area (Å²) in [6, 6.07) is 3.01. The van der Waals surface area contributed by atoms with Crippen LogP contribution in [0.25, 0.3) is 0 Å². The minimum absolute atomic E-state index is 0. The highest BCUT2D eigenvalue weighted by molar-refractivity contribution is 7.12. The fraction of sp³-hybridized carbons (Fsp3) is 0.714. The Labute approximate surface area is 110 Å². The number of nitrogens with one attached hydrogen (secondary N) is 1. The fourth-order valence-corrected chi connectivity index (χ4v) is 3.92. The van der Waals surface area contributed by atoms with Crippen LogP contribution in [0.4, 0.5) is 0 Å². The van der Waals surface area contributed by atoms with E-state index in [1.165, 1.54) is 28.2 Å². The number of hydrogen-bond acceptors (Lipinski definition) is 3. The van der Waals surface area contributed by atoms with Gasteiger partial charge in [0, 0.05) is 30.3 Å².